The average Bonchev–Trinajstić information content (AvgIpc) is 2.81. The number of hydrogen-bond acceptors (Lipinski definition) is 4. The molecule has 0 unspecified atom stereocenters. The zero-order chi connectivity index (χ0) is 21.6. The highest BCUT2D eigenvalue weighted by molar-refractivity contribution is 6.04. The van der Waals surface area contributed by atoms with Gasteiger partial charge in [0.05, 0.1) is 0 Å². The fraction of sp³-hybridized carbons (Fsp3) is 0.231. The number of para-hydroxylation sites is 1. The van der Waals surface area contributed by atoms with Crippen molar-refractivity contribution in [1.29, 1.82) is 0 Å². The molecular formula is C26H27N3O2. The topological polar surface area (TPSA) is 52.7 Å². The Labute approximate surface area is 183 Å². The van der Waals surface area contributed by atoms with Crippen molar-refractivity contribution in [2.75, 3.05) is 36.4 Å². The molecule has 0 bridgehead atoms. The largest absolute Gasteiger partial charge is 0.369 e. The molecule has 0 atom stereocenters. The summed E-state index contributed by atoms with van der Waals surface area (Å²) >= 11 is 0. The molecule has 0 radical (unpaired) electrons. The molecule has 5 heteroatoms. The minimum Gasteiger partial charge on any atom is -0.369 e. The Bertz CT molecular complexity index is 1020. The third-order valence-electron chi connectivity index (χ3n) is 5.67. The number of hydrogen-bond donors (Lipinski definition) is 1. The molecule has 0 aliphatic carbocycles. The van der Waals surface area contributed by atoms with Gasteiger partial charge in [-0.1, -0.05) is 30.3 Å². The van der Waals surface area contributed by atoms with E-state index >= 15 is 0 Å². The summed E-state index contributed by atoms with van der Waals surface area (Å²) < 4.78 is 0. The first-order valence-electron chi connectivity index (χ1n) is 10.6. The first-order chi connectivity index (χ1) is 15.1. The molecule has 31 heavy (non-hydrogen) atoms. The molecule has 158 valence electrons. The molecule has 1 fully saturated rings. The standard InChI is InChI=1S/C26H27N3O2/c1-20(30)22-11-13-25(14-12-22)29-17-15-28(16-18-29)19-21-7-9-23(10-8-21)26(31)27-24-5-3-2-4-6-24/h2-14H,15-19H2,1H3,(H,27,31). The molecule has 1 heterocycles. The molecule has 1 saturated heterocycles. The molecule has 0 spiro atoms. The summed E-state index contributed by atoms with van der Waals surface area (Å²) in [5.41, 5.74) is 4.58. The molecule has 1 N–H and O–H groups in total. The SMILES string of the molecule is CC(=O)c1ccc(N2CCN(Cc3ccc(C(=O)Nc4ccccc4)cc3)CC2)cc1. The van der Waals surface area contributed by atoms with Crippen LogP contribution in [0.1, 0.15) is 33.2 Å². The van der Waals surface area contributed by atoms with Crippen molar-refractivity contribution in [3.05, 3.63) is 95.6 Å². The van der Waals surface area contributed by atoms with Crippen LogP contribution in [-0.2, 0) is 6.54 Å². The van der Waals surface area contributed by atoms with E-state index in [1.54, 1.807) is 6.92 Å². The number of nitrogens with one attached hydrogen (secondary N) is 1. The highest BCUT2D eigenvalue weighted by Crippen LogP contribution is 2.19. The number of Topliss-reactive ketones (excluding diaryl/α,β-unsaturated/α-hetero) is 1. The Hall–Kier alpha value is -3.44. The molecule has 1 amide bonds. The normalized spacial score (nSPS) is 14.3. The van der Waals surface area contributed by atoms with Gasteiger partial charge in [-0.05, 0) is 61.0 Å². The minimum absolute atomic E-state index is 0.0952. The van der Waals surface area contributed by atoms with Crippen molar-refractivity contribution in [3.63, 3.8) is 0 Å². The van der Waals surface area contributed by atoms with Crippen LogP contribution in [0.3, 0.4) is 0 Å². The second-order valence-corrected chi connectivity index (χ2v) is 7.88. The van der Waals surface area contributed by atoms with Crippen LogP contribution in [0.15, 0.2) is 78.9 Å². The molecule has 0 saturated carbocycles. The monoisotopic (exact) mass is 413 g/mol. The third-order valence-corrected chi connectivity index (χ3v) is 5.67. The van der Waals surface area contributed by atoms with Gasteiger partial charge in [0.2, 0.25) is 0 Å². The molecule has 5 nitrogen and oxygen atoms in total. The summed E-state index contributed by atoms with van der Waals surface area (Å²) in [5.74, 6) is 0.00194. The van der Waals surface area contributed by atoms with Gasteiger partial charge in [-0.2, -0.15) is 0 Å². The number of piperazine rings is 1. The fourth-order valence-electron chi connectivity index (χ4n) is 3.82. The lowest BCUT2D eigenvalue weighted by Crippen LogP contribution is -2.45. The lowest BCUT2D eigenvalue weighted by Gasteiger charge is -2.36. The predicted molar refractivity (Wildman–Crippen MR) is 125 cm³/mol. The average molecular weight is 414 g/mol. The van der Waals surface area contributed by atoms with Crippen LogP contribution >= 0.6 is 0 Å². The van der Waals surface area contributed by atoms with E-state index in [0.717, 1.165) is 44.0 Å². The summed E-state index contributed by atoms with van der Waals surface area (Å²) in [6.07, 6.45) is 0. The molecule has 4 rings (SSSR count). The van der Waals surface area contributed by atoms with E-state index in [1.807, 2.05) is 78.9 Å². The Balaban J connectivity index is 1.28. The summed E-state index contributed by atoms with van der Waals surface area (Å²) in [7, 11) is 0. The first kappa shape index (κ1) is 20.8. The minimum atomic E-state index is -0.0952. The van der Waals surface area contributed by atoms with Gasteiger partial charge in [0.15, 0.2) is 5.78 Å². The van der Waals surface area contributed by atoms with Crippen molar-refractivity contribution in [2.45, 2.75) is 13.5 Å². The van der Waals surface area contributed by atoms with Crippen LogP contribution in [-0.4, -0.2) is 42.8 Å². The highest BCUT2D eigenvalue weighted by atomic mass is 16.1. The number of anilines is 2. The Morgan fingerprint density at radius 3 is 2.00 bits per heavy atom. The van der Waals surface area contributed by atoms with Crippen molar-refractivity contribution in [1.82, 2.24) is 4.90 Å². The Morgan fingerprint density at radius 2 is 1.39 bits per heavy atom. The quantitative estimate of drug-likeness (QED) is 0.606. The van der Waals surface area contributed by atoms with Crippen molar-refractivity contribution >= 4 is 23.1 Å². The van der Waals surface area contributed by atoms with Crippen LogP contribution in [0.2, 0.25) is 0 Å². The summed E-state index contributed by atoms with van der Waals surface area (Å²) in [5, 5.41) is 2.92. The van der Waals surface area contributed by atoms with E-state index in [0.29, 0.717) is 5.56 Å². The van der Waals surface area contributed by atoms with Gasteiger partial charge in [0.25, 0.3) is 5.91 Å². The smallest absolute Gasteiger partial charge is 0.255 e. The zero-order valence-electron chi connectivity index (χ0n) is 17.8. The van der Waals surface area contributed by atoms with Gasteiger partial charge in [0.1, 0.15) is 0 Å². The van der Waals surface area contributed by atoms with E-state index in [-0.39, 0.29) is 11.7 Å². The maximum atomic E-state index is 12.4. The number of benzene rings is 3. The van der Waals surface area contributed by atoms with Gasteiger partial charge in [0, 0.05) is 55.2 Å². The zero-order valence-corrected chi connectivity index (χ0v) is 17.8. The number of rotatable bonds is 6. The van der Waals surface area contributed by atoms with E-state index < -0.39 is 0 Å². The van der Waals surface area contributed by atoms with E-state index in [1.165, 1.54) is 11.3 Å². The van der Waals surface area contributed by atoms with Crippen LogP contribution in [0.25, 0.3) is 0 Å². The first-order valence-corrected chi connectivity index (χ1v) is 10.6. The second kappa shape index (κ2) is 9.58. The summed E-state index contributed by atoms with van der Waals surface area (Å²) in [4.78, 5) is 28.6. The lowest BCUT2D eigenvalue weighted by atomic mass is 10.1. The van der Waals surface area contributed by atoms with Crippen LogP contribution in [0, 0.1) is 0 Å². The maximum Gasteiger partial charge on any atom is 0.255 e. The number of amides is 1. The van der Waals surface area contributed by atoms with Crippen molar-refractivity contribution in [3.8, 4) is 0 Å². The third kappa shape index (κ3) is 5.38. The van der Waals surface area contributed by atoms with Gasteiger partial charge >= 0.3 is 0 Å². The number of ketones is 1. The van der Waals surface area contributed by atoms with E-state index in [4.69, 9.17) is 0 Å². The van der Waals surface area contributed by atoms with E-state index in [2.05, 4.69) is 15.1 Å². The molecule has 3 aromatic carbocycles. The number of carbonyl (C=O) groups is 2. The summed E-state index contributed by atoms with van der Waals surface area (Å²) in [6, 6.07) is 25.2. The molecule has 1 aliphatic heterocycles. The highest BCUT2D eigenvalue weighted by Gasteiger charge is 2.17. The Morgan fingerprint density at radius 1 is 0.774 bits per heavy atom. The van der Waals surface area contributed by atoms with Crippen LogP contribution < -0.4 is 10.2 Å². The van der Waals surface area contributed by atoms with Crippen molar-refractivity contribution in [2.24, 2.45) is 0 Å². The fourth-order valence-corrected chi connectivity index (χ4v) is 3.82. The second-order valence-electron chi connectivity index (χ2n) is 7.88. The molecule has 3 aromatic rings. The molecule has 0 aromatic heterocycles. The maximum absolute atomic E-state index is 12.4. The Kier molecular flexibility index (Phi) is 6.43. The molecular weight excluding hydrogens is 386 g/mol. The van der Waals surface area contributed by atoms with Gasteiger partial charge < -0.3 is 10.2 Å². The summed E-state index contributed by atoms with van der Waals surface area (Å²) in [6.45, 7) is 6.33. The van der Waals surface area contributed by atoms with Gasteiger partial charge in [-0.3, -0.25) is 14.5 Å². The van der Waals surface area contributed by atoms with Crippen LogP contribution in [0.5, 0.6) is 0 Å². The molecule has 1 aliphatic rings. The number of carbonyl (C=O) groups excluding carboxylic acids is 2. The predicted octanol–water partition coefficient (Wildman–Crippen LogP) is 4.46. The van der Waals surface area contributed by atoms with Gasteiger partial charge in [-0.15, -0.1) is 0 Å². The van der Waals surface area contributed by atoms with Crippen molar-refractivity contribution < 1.29 is 9.59 Å². The van der Waals surface area contributed by atoms with Crippen LogP contribution in [0.4, 0.5) is 11.4 Å². The van der Waals surface area contributed by atoms with E-state index in [9.17, 15) is 9.59 Å². The van der Waals surface area contributed by atoms with Gasteiger partial charge in [-0.25, -0.2) is 0 Å². The number of nitrogens with zero attached hydrogens (tertiary/aromatic N) is 2. The lowest BCUT2D eigenvalue weighted by molar-refractivity contribution is 0.101.